The molecule has 6 nitrogen and oxygen atoms in total. The highest BCUT2D eigenvalue weighted by atomic mass is 16.5. The average molecular weight is 478 g/mol. The van der Waals surface area contributed by atoms with E-state index in [1.165, 1.54) is 5.56 Å². The summed E-state index contributed by atoms with van der Waals surface area (Å²) in [6.07, 6.45) is 6.27. The Balaban J connectivity index is 1.33. The van der Waals surface area contributed by atoms with Gasteiger partial charge in [0.25, 0.3) is 0 Å². The van der Waals surface area contributed by atoms with Crippen LogP contribution in [0.2, 0.25) is 0 Å². The van der Waals surface area contributed by atoms with Crippen LogP contribution in [0.4, 0.5) is 0 Å². The first-order valence-electron chi connectivity index (χ1n) is 12.0. The number of rotatable bonds is 7. The second kappa shape index (κ2) is 10.5. The molecule has 4 aromatic rings. The molecule has 1 aromatic heterocycles. The third kappa shape index (κ3) is 5.19. The van der Waals surface area contributed by atoms with Crippen LogP contribution in [-0.2, 0) is 6.61 Å². The molecule has 2 heterocycles. The Bertz CT molecular complexity index is 1410. The quantitative estimate of drug-likeness (QED) is 0.351. The van der Waals surface area contributed by atoms with Gasteiger partial charge in [0, 0.05) is 12.1 Å². The fraction of sp³-hybridized carbons (Fsp3) is 0.167. The molecule has 0 atom stereocenters. The van der Waals surface area contributed by atoms with Crippen molar-refractivity contribution in [3.8, 4) is 28.3 Å². The molecule has 0 saturated carbocycles. The molecule has 0 bridgehead atoms. The van der Waals surface area contributed by atoms with E-state index in [0.29, 0.717) is 23.7 Å². The number of carbonyl (C=O) groups is 1. The van der Waals surface area contributed by atoms with Gasteiger partial charge in [0.05, 0.1) is 18.0 Å². The molecule has 0 radical (unpaired) electrons. The number of ether oxygens (including phenoxy) is 1. The lowest BCUT2D eigenvalue weighted by Crippen LogP contribution is -2.20. The monoisotopic (exact) mass is 477 g/mol. The van der Waals surface area contributed by atoms with Gasteiger partial charge in [-0.3, -0.25) is 0 Å². The van der Waals surface area contributed by atoms with E-state index in [1.807, 2.05) is 54.6 Å². The lowest BCUT2D eigenvalue weighted by molar-refractivity contribution is 0.0696. The lowest BCUT2D eigenvalue weighted by Gasteiger charge is -2.17. The summed E-state index contributed by atoms with van der Waals surface area (Å²) in [4.78, 5) is 20.8. The van der Waals surface area contributed by atoms with Gasteiger partial charge in [-0.1, -0.05) is 60.7 Å². The number of hydrogen-bond acceptors (Lipinski definition) is 5. The van der Waals surface area contributed by atoms with Gasteiger partial charge >= 0.3 is 5.97 Å². The molecule has 1 aliphatic rings. The third-order valence-electron chi connectivity index (χ3n) is 6.42. The van der Waals surface area contributed by atoms with E-state index in [2.05, 4.69) is 34.4 Å². The predicted molar refractivity (Wildman–Crippen MR) is 141 cm³/mol. The van der Waals surface area contributed by atoms with Gasteiger partial charge in [0.2, 0.25) is 0 Å². The summed E-state index contributed by atoms with van der Waals surface area (Å²) in [5.74, 6) is 0.332. The smallest absolute Gasteiger partial charge is 0.336 e. The zero-order valence-electron chi connectivity index (χ0n) is 20.1. The molecule has 6 heteroatoms. The van der Waals surface area contributed by atoms with Crippen LogP contribution in [0.1, 0.15) is 33.5 Å². The highest BCUT2D eigenvalue weighted by molar-refractivity contribution is 5.95. The highest BCUT2D eigenvalue weighted by Crippen LogP contribution is 2.30. The Morgan fingerprint density at radius 3 is 2.39 bits per heavy atom. The molecule has 36 heavy (non-hydrogen) atoms. The first-order valence-corrected chi connectivity index (χ1v) is 12.0. The van der Waals surface area contributed by atoms with E-state index in [9.17, 15) is 9.90 Å². The largest absolute Gasteiger partial charge is 0.486 e. The van der Waals surface area contributed by atoms with Gasteiger partial charge in [-0.2, -0.15) is 0 Å². The lowest BCUT2D eigenvalue weighted by atomic mass is 9.91. The molecule has 3 aromatic carbocycles. The molecule has 0 fully saturated rings. The molecule has 0 spiro atoms. The van der Waals surface area contributed by atoms with Gasteiger partial charge in [-0.05, 0) is 65.4 Å². The van der Waals surface area contributed by atoms with Crippen molar-refractivity contribution in [3.63, 3.8) is 0 Å². The van der Waals surface area contributed by atoms with Gasteiger partial charge in [-0.25, -0.2) is 14.8 Å². The number of carboxylic acid groups (broad SMARTS) is 1. The van der Waals surface area contributed by atoms with Crippen molar-refractivity contribution < 1.29 is 14.6 Å². The minimum absolute atomic E-state index is 0.335. The van der Waals surface area contributed by atoms with E-state index in [1.54, 1.807) is 18.5 Å². The number of benzene rings is 3. The van der Waals surface area contributed by atoms with Crippen molar-refractivity contribution >= 4 is 11.5 Å². The standard InChI is InChI=1S/C30H27N3O3/c1-20-4-2-3-5-25(20)19-36-26-17-32-29(33-18-26)23-8-6-21(7-9-23)24-10-11-27(30(34)35)28(16-24)22-12-14-31-15-13-22/h2-12,16-18,31H,13-15,19H2,1H3,(H,34,35). The van der Waals surface area contributed by atoms with Crippen molar-refractivity contribution in [1.82, 2.24) is 15.3 Å². The van der Waals surface area contributed by atoms with Crippen molar-refractivity contribution in [1.29, 1.82) is 0 Å². The summed E-state index contributed by atoms with van der Waals surface area (Å²) < 4.78 is 5.85. The van der Waals surface area contributed by atoms with Crippen LogP contribution in [0.15, 0.2) is 85.2 Å². The topological polar surface area (TPSA) is 84.3 Å². The number of aromatic carboxylic acids is 1. The summed E-state index contributed by atoms with van der Waals surface area (Å²) >= 11 is 0. The maximum Gasteiger partial charge on any atom is 0.336 e. The van der Waals surface area contributed by atoms with Crippen LogP contribution in [0.3, 0.4) is 0 Å². The van der Waals surface area contributed by atoms with E-state index in [4.69, 9.17) is 4.74 Å². The minimum atomic E-state index is -0.908. The zero-order chi connectivity index (χ0) is 24.9. The van der Waals surface area contributed by atoms with Crippen LogP contribution >= 0.6 is 0 Å². The van der Waals surface area contributed by atoms with E-state index < -0.39 is 5.97 Å². The fourth-order valence-corrected chi connectivity index (χ4v) is 4.33. The number of nitrogens with one attached hydrogen (secondary N) is 1. The Kier molecular flexibility index (Phi) is 6.87. The Morgan fingerprint density at radius 1 is 0.972 bits per heavy atom. The summed E-state index contributed by atoms with van der Waals surface area (Å²) in [5.41, 5.74) is 7.39. The SMILES string of the molecule is Cc1ccccc1COc1cnc(-c2ccc(-c3ccc(C(=O)O)c(C4=CCNCC4)c3)cc2)nc1. The summed E-state index contributed by atoms with van der Waals surface area (Å²) in [5, 5.41) is 13.0. The molecule has 0 saturated heterocycles. The first kappa shape index (κ1) is 23.5. The first-order chi connectivity index (χ1) is 17.6. The molecule has 1 aliphatic heterocycles. The zero-order valence-corrected chi connectivity index (χ0v) is 20.1. The Labute approximate surface area is 210 Å². The van der Waals surface area contributed by atoms with Crippen LogP contribution in [0.5, 0.6) is 5.75 Å². The number of carboxylic acids is 1. The van der Waals surface area contributed by atoms with Crippen LogP contribution in [0.25, 0.3) is 28.1 Å². The van der Waals surface area contributed by atoms with Gasteiger partial charge in [0.1, 0.15) is 6.61 Å². The van der Waals surface area contributed by atoms with E-state index >= 15 is 0 Å². The van der Waals surface area contributed by atoms with Gasteiger partial charge in [0.15, 0.2) is 11.6 Å². The number of nitrogens with zero attached hydrogens (tertiary/aromatic N) is 2. The molecular formula is C30H27N3O3. The molecule has 180 valence electrons. The van der Waals surface area contributed by atoms with Crippen molar-refractivity contribution in [2.75, 3.05) is 13.1 Å². The van der Waals surface area contributed by atoms with Crippen LogP contribution < -0.4 is 10.1 Å². The number of aromatic nitrogens is 2. The van der Waals surface area contributed by atoms with Crippen molar-refractivity contribution in [3.05, 3.63) is 107 Å². The maximum absolute atomic E-state index is 11.8. The highest BCUT2D eigenvalue weighted by Gasteiger charge is 2.16. The Morgan fingerprint density at radius 2 is 1.69 bits per heavy atom. The number of aryl methyl sites for hydroxylation is 1. The third-order valence-corrected chi connectivity index (χ3v) is 6.42. The summed E-state index contributed by atoms with van der Waals surface area (Å²) in [6, 6.07) is 21.6. The Hall–Kier alpha value is -4.29. The van der Waals surface area contributed by atoms with Crippen LogP contribution in [0, 0.1) is 6.92 Å². The fourth-order valence-electron chi connectivity index (χ4n) is 4.33. The van der Waals surface area contributed by atoms with Crippen molar-refractivity contribution in [2.24, 2.45) is 0 Å². The van der Waals surface area contributed by atoms with E-state index in [-0.39, 0.29) is 0 Å². The summed E-state index contributed by atoms with van der Waals surface area (Å²) in [6.45, 7) is 4.14. The number of hydrogen-bond donors (Lipinski definition) is 2. The van der Waals surface area contributed by atoms with E-state index in [0.717, 1.165) is 52.9 Å². The van der Waals surface area contributed by atoms with Gasteiger partial charge < -0.3 is 15.2 Å². The second-order valence-corrected chi connectivity index (χ2v) is 8.78. The maximum atomic E-state index is 11.8. The molecular weight excluding hydrogens is 450 g/mol. The van der Waals surface area contributed by atoms with Crippen molar-refractivity contribution in [2.45, 2.75) is 20.0 Å². The molecule has 2 N–H and O–H groups in total. The average Bonchev–Trinajstić information content (AvgIpc) is 2.93. The molecule has 5 rings (SSSR count). The molecule has 0 unspecified atom stereocenters. The van der Waals surface area contributed by atoms with Crippen LogP contribution in [-0.4, -0.2) is 34.1 Å². The molecule has 0 aliphatic carbocycles. The molecule has 0 amide bonds. The minimum Gasteiger partial charge on any atom is -0.486 e. The van der Waals surface area contributed by atoms with Gasteiger partial charge in [-0.15, -0.1) is 0 Å². The predicted octanol–water partition coefficient (Wildman–Crippen LogP) is 5.77. The second-order valence-electron chi connectivity index (χ2n) is 8.78. The summed E-state index contributed by atoms with van der Waals surface area (Å²) in [7, 11) is 0. The normalized spacial score (nSPS) is 13.2.